The third-order valence-electron chi connectivity index (χ3n) is 5.65. The van der Waals surface area contributed by atoms with Crippen LogP contribution in [0.4, 0.5) is 0 Å². The summed E-state index contributed by atoms with van der Waals surface area (Å²) in [4.78, 5) is 18.1. The Bertz CT molecular complexity index is 1540. The van der Waals surface area contributed by atoms with Crippen molar-refractivity contribution in [3.63, 3.8) is 0 Å². The Morgan fingerprint density at radius 3 is 2.62 bits per heavy atom. The molecule has 0 spiro atoms. The molecule has 0 fully saturated rings. The molecule has 6 nitrogen and oxygen atoms in total. The molecule has 3 aromatic carbocycles. The van der Waals surface area contributed by atoms with Crippen LogP contribution < -0.4 is 15.0 Å². The third kappa shape index (κ3) is 6.28. The number of unbranched alkanes of at least 4 members (excludes halogenated alkanes) is 1. The lowest BCUT2D eigenvalue weighted by Gasteiger charge is -2.16. The lowest BCUT2D eigenvalue weighted by molar-refractivity contribution is 0.282. The topological polar surface area (TPSA) is 65.7 Å². The summed E-state index contributed by atoms with van der Waals surface area (Å²) in [7, 11) is 1.57. The summed E-state index contributed by atoms with van der Waals surface area (Å²) in [5, 5.41) is 5.68. The Hall–Kier alpha value is -2.20. The monoisotopic (exact) mass is 709 g/mol. The average molecular weight is 713 g/mol. The second kappa shape index (κ2) is 12.6. The van der Waals surface area contributed by atoms with Crippen LogP contribution in [-0.4, -0.2) is 23.0 Å². The minimum atomic E-state index is -0.226. The molecule has 0 N–H and O–H groups in total. The summed E-state index contributed by atoms with van der Waals surface area (Å²) >= 11 is 17.0. The van der Waals surface area contributed by atoms with E-state index in [1.807, 2.05) is 36.4 Å². The molecule has 4 rings (SSSR count). The molecule has 10 heteroatoms. The number of methoxy groups -OCH3 is 1. The lowest BCUT2D eigenvalue weighted by Crippen LogP contribution is -2.22. The quantitative estimate of drug-likeness (QED) is 0.165. The fourth-order valence-corrected chi connectivity index (χ4v) is 5.17. The Morgan fingerprint density at radius 2 is 1.89 bits per heavy atom. The van der Waals surface area contributed by atoms with Gasteiger partial charge in [0.1, 0.15) is 12.4 Å². The molecule has 1 heterocycles. The highest BCUT2D eigenvalue weighted by atomic mass is 79.9. The van der Waals surface area contributed by atoms with Crippen molar-refractivity contribution < 1.29 is 9.47 Å². The van der Waals surface area contributed by atoms with Crippen LogP contribution in [-0.2, 0) is 13.0 Å². The second-order valence-corrected chi connectivity index (χ2v) is 11.1. The van der Waals surface area contributed by atoms with Gasteiger partial charge in [-0.25, -0.2) is 4.98 Å². The molecular formula is C27H23Br3ClN3O3. The normalized spacial score (nSPS) is 11.4. The van der Waals surface area contributed by atoms with Gasteiger partial charge in [0, 0.05) is 31.5 Å². The van der Waals surface area contributed by atoms with E-state index in [1.54, 1.807) is 25.5 Å². The van der Waals surface area contributed by atoms with Gasteiger partial charge in [-0.05, 0) is 68.6 Å². The molecule has 0 bridgehead atoms. The number of hydrogen-bond acceptors (Lipinski definition) is 5. The molecule has 0 aliphatic heterocycles. The van der Waals surface area contributed by atoms with Crippen molar-refractivity contribution in [1.82, 2.24) is 9.66 Å². The minimum Gasteiger partial charge on any atom is -0.493 e. The third-order valence-corrected chi connectivity index (χ3v) is 8.65. The lowest BCUT2D eigenvalue weighted by atomic mass is 10.2. The molecule has 192 valence electrons. The highest BCUT2D eigenvalue weighted by molar-refractivity contribution is 9.13. The van der Waals surface area contributed by atoms with Crippen molar-refractivity contribution in [2.45, 2.75) is 32.8 Å². The smallest absolute Gasteiger partial charge is 0.282 e. The van der Waals surface area contributed by atoms with Crippen LogP contribution in [0.5, 0.6) is 11.5 Å². The van der Waals surface area contributed by atoms with Crippen molar-refractivity contribution in [2.24, 2.45) is 5.10 Å². The number of hydrogen-bond donors (Lipinski definition) is 0. The number of halogens is 4. The molecule has 0 saturated carbocycles. The molecule has 37 heavy (non-hydrogen) atoms. The fraction of sp³-hybridized carbons (Fsp3) is 0.222. The number of benzene rings is 3. The first kappa shape index (κ1) is 27.8. The molecule has 0 saturated heterocycles. The first-order chi connectivity index (χ1) is 17.8. The van der Waals surface area contributed by atoms with E-state index in [2.05, 4.69) is 59.8 Å². The molecular weight excluding hydrogens is 689 g/mol. The van der Waals surface area contributed by atoms with Gasteiger partial charge >= 0.3 is 0 Å². The Kier molecular flexibility index (Phi) is 9.45. The summed E-state index contributed by atoms with van der Waals surface area (Å²) in [6.45, 7) is 2.36. The Morgan fingerprint density at radius 1 is 1.11 bits per heavy atom. The first-order valence-corrected chi connectivity index (χ1v) is 14.3. The number of rotatable bonds is 9. The molecule has 0 unspecified atom stereocenters. The maximum absolute atomic E-state index is 13.4. The second-order valence-electron chi connectivity index (χ2n) is 8.16. The Labute approximate surface area is 245 Å². The summed E-state index contributed by atoms with van der Waals surface area (Å²) in [6, 6.07) is 14.8. The van der Waals surface area contributed by atoms with Gasteiger partial charge in [-0.15, -0.1) is 0 Å². The summed E-state index contributed by atoms with van der Waals surface area (Å²) in [5.74, 6) is 1.63. The zero-order chi connectivity index (χ0) is 26.5. The van der Waals surface area contributed by atoms with E-state index in [9.17, 15) is 4.79 Å². The van der Waals surface area contributed by atoms with E-state index in [4.69, 9.17) is 26.1 Å². The van der Waals surface area contributed by atoms with Crippen molar-refractivity contribution in [3.05, 3.63) is 94.3 Å². The van der Waals surface area contributed by atoms with Gasteiger partial charge in [-0.2, -0.15) is 9.78 Å². The summed E-state index contributed by atoms with van der Waals surface area (Å²) in [6.07, 6.45) is 4.11. The maximum atomic E-state index is 13.4. The van der Waals surface area contributed by atoms with Crippen LogP contribution in [0.2, 0.25) is 5.02 Å². The van der Waals surface area contributed by atoms with E-state index in [0.717, 1.165) is 22.9 Å². The minimum absolute atomic E-state index is 0.226. The predicted molar refractivity (Wildman–Crippen MR) is 159 cm³/mol. The van der Waals surface area contributed by atoms with E-state index < -0.39 is 0 Å². The van der Waals surface area contributed by atoms with Crippen molar-refractivity contribution in [1.29, 1.82) is 0 Å². The molecule has 0 aliphatic rings. The van der Waals surface area contributed by atoms with Crippen LogP contribution in [0.1, 0.15) is 36.7 Å². The van der Waals surface area contributed by atoms with E-state index in [-0.39, 0.29) is 12.2 Å². The average Bonchev–Trinajstić information content (AvgIpc) is 2.89. The largest absolute Gasteiger partial charge is 0.493 e. The number of aryl methyl sites for hydroxylation is 1. The number of ether oxygens (including phenoxy) is 2. The van der Waals surface area contributed by atoms with Crippen LogP contribution in [0.25, 0.3) is 10.9 Å². The van der Waals surface area contributed by atoms with Gasteiger partial charge in [0.05, 0.1) is 28.7 Å². The molecule has 4 aromatic rings. The number of nitrogens with zero attached hydrogens (tertiary/aromatic N) is 3. The van der Waals surface area contributed by atoms with Crippen LogP contribution >= 0.6 is 59.4 Å². The van der Waals surface area contributed by atoms with Gasteiger partial charge in [-0.3, -0.25) is 4.79 Å². The van der Waals surface area contributed by atoms with Gasteiger partial charge in [0.15, 0.2) is 11.5 Å². The first-order valence-electron chi connectivity index (χ1n) is 11.5. The zero-order valence-corrected chi connectivity index (χ0v) is 25.6. The van der Waals surface area contributed by atoms with Crippen molar-refractivity contribution in [2.75, 3.05) is 7.11 Å². The zero-order valence-electron chi connectivity index (χ0n) is 20.1. The van der Waals surface area contributed by atoms with E-state index >= 15 is 0 Å². The van der Waals surface area contributed by atoms with Crippen LogP contribution in [0.3, 0.4) is 0 Å². The van der Waals surface area contributed by atoms with E-state index in [1.165, 1.54) is 4.68 Å². The molecule has 1 aromatic heterocycles. The fourth-order valence-electron chi connectivity index (χ4n) is 3.68. The van der Waals surface area contributed by atoms with E-state index in [0.29, 0.717) is 54.2 Å². The highest BCUT2D eigenvalue weighted by Crippen LogP contribution is 2.42. The van der Waals surface area contributed by atoms with Gasteiger partial charge in [0.2, 0.25) is 0 Å². The van der Waals surface area contributed by atoms with Crippen molar-refractivity contribution in [3.8, 4) is 11.5 Å². The molecule has 0 radical (unpaired) electrons. The van der Waals surface area contributed by atoms with Crippen LogP contribution in [0.15, 0.2) is 71.8 Å². The van der Waals surface area contributed by atoms with Crippen LogP contribution in [0, 0.1) is 0 Å². The summed E-state index contributed by atoms with van der Waals surface area (Å²) in [5.41, 5.74) is 1.97. The van der Waals surface area contributed by atoms with Gasteiger partial charge in [0.25, 0.3) is 5.56 Å². The summed E-state index contributed by atoms with van der Waals surface area (Å²) < 4.78 is 15.2. The predicted octanol–water partition coefficient (Wildman–Crippen LogP) is 8.15. The molecule has 0 atom stereocenters. The number of aromatic nitrogens is 2. The molecule has 0 amide bonds. The van der Waals surface area contributed by atoms with Gasteiger partial charge in [-0.1, -0.05) is 59.1 Å². The highest BCUT2D eigenvalue weighted by Gasteiger charge is 2.18. The Balaban J connectivity index is 1.73. The standard InChI is InChI=1S/C27H23Br3ClN3O3/c1-3-4-9-23-33-21-11-10-18(28)13-19(21)27(35)34(23)32-14-17-12-22(36-2)26(25(30)24(17)29)37-15-16-7-5-6-8-20(16)31/h5-8,10-14H,3-4,9,15H2,1-2H3. The van der Waals surface area contributed by atoms with Gasteiger partial charge < -0.3 is 9.47 Å². The molecule has 0 aliphatic carbocycles. The number of fused-ring (bicyclic) bond motifs is 1. The SMILES string of the molecule is CCCCc1nc2ccc(Br)cc2c(=O)n1N=Cc1cc(OC)c(OCc2ccccc2Cl)c(Br)c1Br. The van der Waals surface area contributed by atoms with Crippen molar-refractivity contribution >= 4 is 76.5 Å². The maximum Gasteiger partial charge on any atom is 0.282 e.